The summed E-state index contributed by atoms with van der Waals surface area (Å²) in [5, 5.41) is 3.48. The van der Waals surface area contributed by atoms with Gasteiger partial charge in [0.2, 0.25) is 11.6 Å². The first-order valence-electron chi connectivity index (χ1n) is 10.1. The minimum Gasteiger partial charge on any atom is -0.443 e. The molecule has 2 aromatic heterocycles. The van der Waals surface area contributed by atoms with E-state index in [0.717, 1.165) is 47.6 Å². The van der Waals surface area contributed by atoms with Gasteiger partial charge < -0.3 is 14.6 Å². The molecule has 0 spiro atoms. The maximum absolute atomic E-state index is 13.0. The van der Waals surface area contributed by atoms with Gasteiger partial charge in [0.25, 0.3) is 0 Å². The molecule has 1 saturated heterocycles. The van der Waals surface area contributed by atoms with E-state index in [1.807, 2.05) is 18.7 Å². The van der Waals surface area contributed by atoms with Crippen LogP contribution in [0.25, 0.3) is 11.1 Å². The highest BCUT2D eigenvalue weighted by molar-refractivity contribution is 5.94. The second-order valence-electron chi connectivity index (χ2n) is 7.91. The molecule has 0 bridgehead atoms. The predicted molar refractivity (Wildman–Crippen MR) is 111 cm³/mol. The molecule has 0 aliphatic carbocycles. The number of nitrogens with one attached hydrogen (secondary N) is 1. The number of aromatic nitrogens is 2. The van der Waals surface area contributed by atoms with E-state index in [2.05, 4.69) is 15.3 Å². The number of halogens is 3. The Balaban J connectivity index is 1.56. The van der Waals surface area contributed by atoms with Crippen molar-refractivity contribution >= 4 is 28.5 Å². The van der Waals surface area contributed by atoms with Crippen LogP contribution < -0.4 is 10.2 Å². The smallest absolute Gasteiger partial charge is 0.416 e. The van der Waals surface area contributed by atoms with Gasteiger partial charge in [0.05, 0.1) is 16.9 Å². The second kappa shape index (κ2) is 7.86. The third-order valence-corrected chi connectivity index (χ3v) is 5.67. The zero-order valence-corrected chi connectivity index (χ0v) is 17.5. The number of benzene rings is 1. The molecular weight excluding hydrogens is 409 g/mol. The van der Waals surface area contributed by atoms with Crippen molar-refractivity contribution in [1.82, 2.24) is 9.97 Å². The van der Waals surface area contributed by atoms with Crippen LogP contribution in [0.3, 0.4) is 0 Å². The summed E-state index contributed by atoms with van der Waals surface area (Å²) in [5.74, 6) is 1.40. The van der Waals surface area contributed by atoms with Gasteiger partial charge in [0.15, 0.2) is 0 Å². The molecule has 1 N–H and O–H groups in total. The average molecular weight is 432 g/mol. The standard InChI is InChI=1S/C22H23F3N4O2/c1-12-13(2)31-21-18(12)19(26-14(3)27-21)29-9-5-6-15(11-29)20(30)28-17-8-4-7-16(10-17)22(23,24)25/h4,7-8,10,15H,5-6,9,11H2,1-3H3,(H,28,30). The van der Waals surface area contributed by atoms with Gasteiger partial charge in [-0.3, -0.25) is 4.79 Å². The number of rotatable bonds is 3. The van der Waals surface area contributed by atoms with Gasteiger partial charge in [-0.15, -0.1) is 0 Å². The molecule has 1 amide bonds. The van der Waals surface area contributed by atoms with Gasteiger partial charge in [-0.1, -0.05) is 6.07 Å². The summed E-state index contributed by atoms with van der Waals surface area (Å²) in [6, 6.07) is 4.68. The Morgan fingerprint density at radius 2 is 2.00 bits per heavy atom. The first kappa shape index (κ1) is 21.1. The number of alkyl halides is 3. The number of fused-ring (bicyclic) bond motifs is 1. The molecule has 1 atom stereocenters. The van der Waals surface area contributed by atoms with Gasteiger partial charge in [0, 0.05) is 24.3 Å². The van der Waals surface area contributed by atoms with Crippen molar-refractivity contribution in [1.29, 1.82) is 0 Å². The summed E-state index contributed by atoms with van der Waals surface area (Å²) in [5.41, 5.74) is 0.826. The number of hydrogen-bond acceptors (Lipinski definition) is 5. The molecule has 1 fully saturated rings. The largest absolute Gasteiger partial charge is 0.443 e. The number of furan rings is 1. The molecule has 1 unspecified atom stereocenters. The summed E-state index contributed by atoms with van der Waals surface area (Å²) < 4.78 is 44.6. The van der Waals surface area contributed by atoms with E-state index in [0.29, 0.717) is 24.5 Å². The molecule has 0 saturated carbocycles. The van der Waals surface area contributed by atoms with Crippen molar-refractivity contribution in [2.75, 3.05) is 23.3 Å². The SMILES string of the molecule is Cc1nc(N2CCCC(C(=O)Nc3cccc(C(F)(F)F)c3)C2)c2c(C)c(C)oc2n1. The summed E-state index contributed by atoms with van der Waals surface area (Å²) in [7, 11) is 0. The molecule has 164 valence electrons. The fraction of sp³-hybridized carbons (Fsp3) is 0.409. The van der Waals surface area contributed by atoms with Gasteiger partial charge in [-0.2, -0.15) is 18.2 Å². The van der Waals surface area contributed by atoms with Crippen LogP contribution in [-0.2, 0) is 11.0 Å². The molecule has 3 aromatic rings. The predicted octanol–water partition coefficient (Wildman–Crippen LogP) is 5.02. The monoisotopic (exact) mass is 432 g/mol. The van der Waals surface area contributed by atoms with Crippen LogP contribution in [0, 0.1) is 26.7 Å². The molecular formula is C22H23F3N4O2. The number of carbonyl (C=O) groups excluding carboxylic acids is 1. The topological polar surface area (TPSA) is 71.3 Å². The Morgan fingerprint density at radius 1 is 1.23 bits per heavy atom. The highest BCUT2D eigenvalue weighted by atomic mass is 19.4. The fourth-order valence-electron chi connectivity index (χ4n) is 3.96. The number of nitrogens with zero attached hydrogens (tertiary/aromatic N) is 3. The molecule has 0 radical (unpaired) electrons. The van der Waals surface area contributed by atoms with Crippen LogP contribution in [0.2, 0.25) is 0 Å². The van der Waals surface area contributed by atoms with E-state index in [9.17, 15) is 18.0 Å². The van der Waals surface area contributed by atoms with Crippen LogP contribution >= 0.6 is 0 Å². The quantitative estimate of drug-likeness (QED) is 0.629. The summed E-state index contributed by atoms with van der Waals surface area (Å²) in [4.78, 5) is 23.9. The van der Waals surface area contributed by atoms with Crippen LogP contribution in [-0.4, -0.2) is 29.0 Å². The summed E-state index contributed by atoms with van der Waals surface area (Å²) >= 11 is 0. The maximum atomic E-state index is 13.0. The van der Waals surface area contributed by atoms with E-state index < -0.39 is 11.7 Å². The molecule has 4 rings (SSSR count). The first-order chi connectivity index (χ1) is 14.6. The van der Waals surface area contributed by atoms with Crippen molar-refractivity contribution in [3.8, 4) is 0 Å². The van der Waals surface area contributed by atoms with E-state index >= 15 is 0 Å². The normalized spacial score (nSPS) is 17.2. The third kappa shape index (κ3) is 4.22. The van der Waals surface area contributed by atoms with E-state index in [-0.39, 0.29) is 17.5 Å². The van der Waals surface area contributed by atoms with E-state index in [1.54, 1.807) is 6.92 Å². The Bertz CT molecular complexity index is 1140. The Morgan fingerprint density at radius 3 is 2.74 bits per heavy atom. The van der Waals surface area contributed by atoms with E-state index in [4.69, 9.17) is 4.42 Å². The molecule has 6 nitrogen and oxygen atoms in total. The van der Waals surface area contributed by atoms with Crippen molar-refractivity contribution in [3.63, 3.8) is 0 Å². The highest BCUT2D eigenvalue weighted by Gasteiger charge is 2.32. The molecule has 9 heteroatoms. The van der Waals surface area contributed by atoms with Gasteiger partial charge in [-0.05, 0) is 51.8 Å². The number of aryl methyl sites for hydroxylation is 3. The minimum atomic E-state index is -4.46. The van der Waals surface area contributed by atoms with Gasteiger partial charge in [-0.25, -0.2) is 4.98 Å². The van der Waals surface area contributed by atoms with Crippen LogP contribution in [0.5, 0.6) is 0 Å². The number of piperidine rings is 1. The van der Waals surface area contributed by atoms with Crippen molar-refractivity contribution in [2.24, 2.45) is 5.92 Å². The van der Waals surface area contributed by atoms with Crippen LogP contribution in [0.1, 0.15) is 35.6 Å². The zero-order valence-electron chi connectivity index (χ0n) is 17.5. The number of anilines is 2. The van der Waals surface area contributed by atoms with Gasteiger partial charge in [0.1, 0.15) is 17.4 Å². The van der Waals surface area contributed by atoms with Gasteiger partial charge >= 0.3 is 6.18 Å². The van der Waals surface area contributed by atoms with E-state index in [1.165, 1.54) is 12.1 Å². The lowest BCUT2D eigenvalue weighted by Gasteiger charge is -2.33. The molecule has 1 aromatic carbocycles. The fourth-order valence-corrected chi connectivity index (χ4v) is 3.96. The molecule has 1 aliphatic heterocycles. The van der Waals surface area contributed by atoms with Crippen LogP contribution in [0.15, 0.2) is 28.7 Å². The summed E-state index contributed by atoms with van der Waals surface area (Å²) in [6.07, 6.45) is -3.04. The maximum Gasteiger partial charge on any atom is 0.416 e. The molecule has 1 aliphatic rings. The number of hydrogen-bond donors (Lipinski definition) is 1. The molecule has 3 heterocycles. The Kier molecular flexibility index (Phi) is 5.36. The Labute approximate surface area is 177 Å². The van der Waals surface area contributed by atoms with Crippen LogP contribution in [0.4, 0.5) is 24.7 Å². The Hall–Kier alpha value is -3.10. The zero-order chi connectivity index (χ0) is 22.3. The van der Waals surface area contributed by atoms with Crippen molar-refractivity contribution in [3.05, 3.63) is 47.0 Å². The first-order valence-corrected chi connectivity index (χ1v) is 10.1. The third-order valence-electron chi connectivity index (χ3n) is 5.67. The minimum absolute atomic E-state index is 0.138. The second-order valence-corrected chi connectivity index (χ2v) is 7.91. The summed E-state index contributed by atoms with van der Waals surface area (Å²) in [6.45, 7) is 6.75. The highest BCUT2D eigenvalue weighted by Crippen LogP contribution is 2.34. The molecule has 31 heavy (non-hydrogen) atoms. The average Bonchev–Trinajstić information content (AvgIpc) is 3.00. The number of amides is 1. The van der Waals surface area contributed by atoms with Crippen molar-refractivity contribution in [2.45, 2.75) is 39.8 Å². The van der Waals surface area contributed by atoms with Crippen molar-refractivity contribution < 1.29 is 22.4 Å². The lowest BCUT2D eigenvalue weighted by atomic mass is 9.96. The number of carbonyl (C=O) groups is 1. The lowest BCUT2D eigenvalue weighted by molar-refractivity contribution is -0.137. The lowest BCUT2D eigenvalue weighted by Crippen LogP contribution is -2.41.